The van der Waals surface area contributed by atoms with Gasteiger partial charge in [-0.3, -0.25) is 0 Å². The number of nitrogens with one attached hydrogen (secondary N) is 2. The fraction of sp³-hybridized carbons (Fsp3) is 0.833. The van der Waals surface area contributed by atoms with Gasteiger partial charge in [0, 0.05) is 0 Å². The summed E-state index contributed by atoms with van der Waals surface area (Å²) < 4.78 is 0. The van der Waals surface area contributed by atoms with Crippen LogP contribution in [0, 0.1) is 11.8 Å². The molecular formula is C12H22N2. The summed E-state index contributed by atoms with van der Waals surface area (Å²) in [6.07, 6.45) is 10.3. The number of hydrogen-bond donors (Lipinski definition) is 2. The molecule has 0 saturated carbocycles. The van der Waals surface area contributed by atoms with E-state index in [1.165, 1.54) is 51.9 Å². The Balaban J connectivity index is 1.73. The molecule has 0 atom stereocenters. The van der Waals surface area contributed by atoms with E-state index in [1.807, 2.05) is 0 Å². The van der Waals surface area contributed by atoms with Crippen molar-refractivity contribution in [3.8, 4) is 0 Å². The van der Waals surface area contributed by atoms with Crippen LogP contribution in [0.15, 0.2) is 12.2 Å². The fourth-order valence-electron chi connectivity index (χ4n) is 2.39. The lowest BCUT2D eigenvalue weighted by Gasteiger charge is -2.22. The van der Waals surface area contributed by atoms with Gasteiger partial charge in [-0.15, -0.1) is 0 Å². The Bertz CT molecular complexity index is 157. The highest BCUT2D eigenvalue weighted by atomic mass is 14.9. The van der Waals surface area contributed by atoms with Gasteiger partial charge in [-0.05, 0) is 63.7 Å². The molecule has 2 fully saturated rings. The summed E-state index contributed by atoms with van der Waals surface area (Å²) in [7, 11) is 0. The smallest absolute Gasteiger partial charge is 0.00433 e. The predicted molar refractivity (Wildman–Crippen MR) is 60.3 cm³/mol. The first kappa shape index (κ1) is 10.2. The van der Waals surface area contributed by atoms with Gasteiger partial charge in [-0.2, -0.15) is 0 Å². The van der Waals surface area contributed by atoms with E-state index >= 15 is 0 Å². The lowest BCUT2D eigenvalue weighted by Crippen LogP contribution is -2.28. The number of hydrogen-bond acceptors (Lipinski definition) is 2. The van der Waals surface area contributed by atoms with Crippen molar-refractivity contribution in [2.45, 2.75) is 25.7 Å². The summed E-state index contributed by atoms with van der Waals surface area (Å²) in [5.41, 5.74) is 0. The van der Waals surface area contributed by atoms with Gasteiger partial charge < -0.3 is 10.6 Å². The first-order valence-corrected chi connectivity index (χ1v) is 6.05. The van der Waals surface area contributed by atoms with Gasteiger partial charge in [0.05, 0.1) is 0 Å². The van der Waals surface area contributed by atoms with E-state index in [9.17, 15) is 0 Å². The molecular weight excluding hydrogens is 172 g/mol. The molecule has 0 amide bonds. The summed E-state index contributed by atoms with van der Waals surface area (Å²) in [6.45, 7) is 4.84. The van der Waals surface area contributed by atoms with Crippen molar-refractivity contribution in [1.29, 1.82) is 0 Å². The molecule has 0 aromatic carbocycles. The van der Waals surface area contributed by atoms with E-state index in [0.717, 1.165) is 11.8 Å². The normalized spacial score (nSPS) is 27.1. The quantitative estimate of drug-likeness (QED) is 0.652. The van der Waals surface area contributed by atoms with Gasteiger partial charge in [-0.1, -0.05) is 12.2 Å². The molecule has 0 radical (unpaired) electrons. The van der Waals surface area contributed by atoms with Crippen molar-refractivity contribution < 1.29 is 0 Å². The summed E-state index contributed by atoms with van der Waals surface area (Å²) >= 11 is 0. The van der Waals surface area contributed by atoms with Crippen LogP contribution < -0.4 is 10.6 Å². The van der Waals surface area contributed by atoms with Gasteiger partial charge in [0.25, 0.3) is 0 Å². The monoisotopic (exact) mass is 194 g/mol. The van der Waals surface area contributed by atoms with Crippen LogP contribution in [0.5, 0.6) is 0 Å². The molecule has 0 aromatic rings. The lowest BCUT2D eigenvalue weighted by atomic mass is 9.92. The average Bonchev–Trinajstić information content (AvgIpc) is 2.29. The van der Waals surface area contributed by atoms with Gasteiger partial charge in [0.1, 0.15) is 0 Å². The van der Waals surface area contributed by atoms with Crippen LogP contribution in [0.4, 0.5) is 0 Å². The second-order valence-electron chi connectivity index (χ2n) is 4.56. The highest BCUT2D eigenvalue weighted by Crippen LogP contribution is 2.18. The predicted octanol–water partition coefficient (Wildman–Crippen LogP) is 1.54. The zero-order chi connectivity index (χ0) is 9.64. The van der Waals surface area contributed by atoms with E-state index in [0.29, 0.717) is 0 Å². The Morgan fingerprint density at radius 3 is 1.36 bits per heavy atom. The highest BCUT2D eigenvalue weighted by Gasteiger charge is 2.12. The van der Waals surface area contributed by atoms with E-state index in [2.05, 4.69) is 22.8 Å². The molecule has 0 spiro atoms. The molecule has 2 N–H and O–H groups in total. The van der Waals surface area contributed by atoms with Crippen molar-refractivity contribution in [1.82, 2.24) is 10.6 Å². The highest BCUT2D eigenvalue weighted by molar-refractivity contribution is 4.95. The molecule has 2 rings (SSSR count). The first-order chi connectivity index (χ1) is 6.95. The van der Waals surface area contributed by atoms with E-state index < -0.39 is 0 Å². The Kier molecular flexibility index (Phi) is 4.02. The third kappa shape index (κ3) is 3.10. The lowest BCUT2D eigenvalue weighted by molar-refractivity contribution is 0.418. The molecule has 2 heteroatoms. The number of piperidine rings is 2. The standard InChI is InChI=1S/C12H22N2/c1(11-3-7-13-8-4-11)2-12-5-9-14-10-6-12/h1-2,11-14H,3-10H2. The summed E-state index contributed by atoms with van der Waals surface area (Å²) in [6, 6.07) is 0. The summed E-state index contributed by atoms with van der Waals surface area (Å²) in [5.74, 6) is 1.71. The largest absolute Gasteiger partial charge is 0.317 e. The Labute approximate surface area is 87.2 Å². The van der Waals surface area contributed by atoms with Gasteiger partial charge in [0.2, 0.25) is 0 Å². The van der Waals surface area contributed by atoms with Crippen molar-refractivity contribution >= 4 is 0 Å². The van der Waals surface area contributed by atoms with E-state index in [-0.39, 0.29) is 0 Å². The molecule has 80 valence electrons. The molecule has 0 aliphatic carbocycles. The summed E-state index contributed by atoms with van der Waals surface area (Å²) in [5, 5.41) is 6.82. The van der Waals surface area contributed by atoms with Crippen LogP contribution >= 0.6 is 0 Å². The molecule has 2 saturated heterocycles. The first-order valence-electron chi connectivity index (χ1n) is 6.05. The molecule has 2 aliphatic rings. The van der Waals surface area contributed by atoms with Gasteiger partial charge in [0.15, 0.2) is 0 Å². The molecule has 0 bridgehead atoms. The van der Waals surface area contributed by atoms with Gasteiger partial charge >= 0.3 is 0 Å². The van der Waals surface area contributed by atoms with Crippen LogP contribution in [0.25, 0.3) is 0 Å². The van der Waals surface area contributed by atoms with Gasteiger partial charge in [-0.25, -0.2) is 0 Å². The molecule has 2 aliphatic heterocycles. The molecule has 0 unspecified atom stereocenters. The van der Waals surface area contributed by atoms with E-state index in [4.69, 9.17) is 0 Å². The minimum atomic E-state index is 0.853. The Morgan fingerprint density at radius 1 is 0.643 bits per heavy atom. The molecule has 2 heterocycles. The van der Waals surface area contributed by atoms with Crippen molar-refractivity contribution in [3.05, 3.63) is 12.2 Å². The topological polar surface area (TPSA) is 24.1 Å². The minimum absolute atomic E-state index is 0.853. The Hall–Kier alpha value is -0.340. The van der Waals surface area contributed by atoms with Crippen molar-refractivity contribution in [3.63, 3.8) is 0 Å². The third-order valence-electron chi connectivity index (χ3n) is 3.42. The number of allylic oxidation sites excluding steroid dienone is 2. The maximum atomic E-state index is 3.41. The second kappa shape index (κ2) is 5.52. The van der Waals surface area contributed by atoms with E-state index in [1.54, 1.807) is 0 Å². The third-order valence-corrected chi connectivity index (χ3v) is 3.42. The molecule has 2 nitrogen and oxygen atoms in total. The average molecular weight is 194 g/mol. The summed E-state index contributed by atoms with van der Waals surface area (Å²) in [4.78, 5) is 0. The van der Waals surface area contributed by atoms with Crippen LogP contribution in [0.1, 0.15) is 25.7 Å². The zero-order valence-corrected chi connectivity index (χ0v) is 8.97. The SMILES string of the molecule is C(=CC1CCNCC1)C1CCNCC1. The minimum Gasteiger partial charge on any atom is -0.317 e. The zero-order valence-electron chi connectivity index (χ0n) is 8.97. The van der Waals surface area contributed by atoms with Crippen molar-refractivity contribution in [2.24, 2.45) is 11.8 Å². The maximum Gasteiger partial charge on any atom is -0.00433 e. The van der Waals surface area contributed by atoms with Crippen LogP contribution in [0.3, 0.4) is 0 Å². The molecule has 14 heavy (non-hydrogen) atoms. The molecule has 0 aromatic heterocycles. The number of rotatable bonds is 2. The fourth-order valence-corrected chi connectivity index (χ4v) is 2.39. The van der Waals surface area contributed by atoms with Crippen molar-refractivity contribution in [2.75, 3.05) is 26.2 Å². The maximum absolute atomic E-state index is 3.41. The van der Waals surface area contributed by atoms with Crippen LogP contribution in [0.2, 0.25) is 0 Å². The van der Waals surface area contributed by atoms with Crippen LogP contribution in [-0.2, 0) is 0 Å². The second-order valence-corrected chi connectivity index (χ2v) is 4.56. The van der Waals surface area contributed by atoms with Crippen LogP contribution in [-0.4, -0.2) is 26.2 Å². The Morgan fingerprint density at radius 2 is 1.00 bits per heavy atom.